The molecular formula is C19H22ClNO2. The Morgan fingerprint density at radius 3 is 2.70 bits per heavy atom. The third-order valence-electron chi connectivity index (χ3n) is 4.00. The van der Waals surface area contributed by atoms with Crippen LogP contribution in [-0.2, 0) is 17.9 Å². The summed E-state index contributed by atoms with van der Waals surface area (Å²) in [4.78, 5) is 0. The van der Waals surface area contributed by atoms with Crippen LogP contribution in [-0.4, -0.2) is 19.3 Å². The first kappa shape index (κ1) is 16.3. The zero-order valence-corrected chi connectivity index (χ0v) is 13.9. The molecule has 0 spiro atoms. The maximum atomic E-state index is 6.13. The van der Waals surface area contributed by atoms with Crippen LogP contribution in [0.5, 0.6) is 5.75 Å². The van der Waals surface area contributed by atoms with Crippen molar-refractivity contribution in [2.24, 2.45) is 0 Å². The number of nitrogens with one attached hydrogen (secondary N) is 1. The maximum absolute atomic E-state index is 6.13. The Balaban J connectivity index is 1.44. The average molecular weight is 332 g/mol. The van der Waals surface area contributed by atoms with Crippen molar-refractivity contribution in [3.8, 4) is 5.75 Å². The van der Waals surface area contributed by atoms with Crippen LogP contribution in [0.4, 0.5) is 0 Å². The van der Waals surface area contributed by atoms with Crippen molar-refractivity contribution in [1.82, 2.24) is 5.32 Å². The molecule has 4 heteroatoms. The molecule has 1 saturated heterocycles. The van der Waals surface area contributed by atoms with Gasteiger partial charge in [0.25, 0.3) is 0 Å². The van der Waals surface area contributed by atoms with Crippen molar-refractivity contribution >= 4 is 11.6 Å². The molecule has 1 aliphatic heterocycles. The second-order valence-corrected chi connectivity index (χ2v) is 6.20. The van der Waals surface area contributed by atoms with Crippen LogP contribution >= 0.6 is 11.6 Å². The number of ether oxygens (including phenoxy) is 2. The number of hydrogen-bond acceptors (Lipinski definition) is 3. The summed E-state index contributed by atoms with van der Waals surface area (Å²) in [5.74, 6) is 0.854. The molecule has 0 bridgehead atoms. The van der Waals surface area contributed by atoms with Crippen molar-refractivity contribution < 1.29 is 9.47 Å². The Morgan fingerprint density at radius 2 is 1.96 bits per heavy atom. The van der Waals surface area contributed by atoms with Crippen LogP contribution in [0.25, 0.3) is 0 Å². The van der Waals surface area contributed by atoms with Crippen molar-refractivity contribution in [3.05, 3.63) is 64.7 Å². The summed E-state index contributed by atoms with van der Waals surface area (Å²) in [6.45, 7) is 3.16. The van der Waals surface area contributed by atoms with Crippen LogP contribution in [0, 0.1) is 0 Å². The Morgan fingerprint density at radius 1 is 1.13 bits per heavy atom. The van der Waals surface area contributed by atoms with E-state index in [4.69, 9.17) is 21.1 Å². The monoisotopic (exact) mass is 331 g/mol. The molecule has 2 aromatic rings. The zero-order chi connectivity index (χ0) is 15.9. The lowest BCUT2D eigenvalue weighted by molar-refractivity contribution is 0.110. The molecule has 0 aliphatic carbocycles. The molecule has 1 fully saturated rings. The lowest BCUT2D eigenvalue weighted by Crippen LogP contribution is -2.25. The van der Waals surface area contributed by atoms with Crippen LogP contribution in [0.3, 0.4) is 0 Å². The fourth-order valence-corrected chi connectivity index (χ4v) is 2.85. The molecule has 2 aromatic carbocycles. The molecule has 1 heterocycles. The lowest BCUT2D eigenvalue weighted by atomic mass is 10.2. The van der Waals surface area contributed by atoms with Gasteiger partial charge in [0, 0.05) is 30.3 Å². The van der Waals surface area contributed by atoms with Gasteiger partial charge >= 0.3 is 0 Å². The smallest absolute Gasteiger partial charge is 0.119 e. The highest BCUT2D eigenvalue weighted by atomic mass is 35.5. The molecule has 1 aliphatic rings. The third kappa shape index (κ3) is 4.96. The van der Waals surface area contributed by atoms with Gasteiger partial charge in [0.05, 0.1) is 6.10 Å². The topological polar surface area (TPSA) is 30.5 Å². The predicted molar refractivity (Wildman–Crippen MR) is 92.9 cm³/mol. The van der Waals surface area contributed by atoms with Crippen molar-refractivity contribution in [1.29, 1.82) is 0 Å². The van der Waals surface area contributed by atoms with Crippen LogP contribution < -0.4 is 10.1 Å². The molecule has 23 heavy (non-hydrogen) atoms. The van der Waals surface area contributed by atoms with Gasteiger partial charge in [-0.15, -0.1) is 0 Å². The summed E-state index contributed by atoms with van der Waals surface area (Å²) in [7, 11) is 0. The molecule has 122 valence electrons. The van der Waals surface area contributed by atoms with E-state index < -0.39 is 0 Å². The number of rotatable bonds is 7. The molecular weight excluding hydrogens is 310 g/mol. The zero-order valence-electron chi connectivity index (χ0n) is 13.1. The fraction of sp³-hybridized carbons (Fsp3) is 0.368. The van der Waals surface area contributed by atoms with Crippen LogP contribution in [0.1, 0.15) is 24.0 Å². The molecule has 0 saturated carbocycles. The van der Waals surface area contributed by atoms with Gasteiger partial charge in [-0.2, -0.15) is 0 Å². The van der Waals surface area contributed by atoms with E-state index >= 15 is 0 Å². The van der Waals surface area contributed by atoms with E-state index in [1.165, 1.54) is 18.4 Å². The second-order valence-electron chi connectivity index (χ2n) is 5.79. The summed E-state index contributed by atoms with van der Waals surface area (Å²) in [5, 5.41) is 4.18. The fourth-order valence-electron chi connectivity index (χ4n) is 2.66. The molecule has 0 radical (unpaired) electrons. The van der Waals surface area contributed by atoms with Gasteiger partial charge in [-0.25, -0.2) is 0 Å². The van der Waals surface area contributed by atoms with E-state index in [0.717, 1.165) is 36.0 Å². The van der Waals surface area contributed by atoms with Crippen molar-refractivity contribution in [3.63, 3.8) is 0 Å². The number of halogens is 1. The summed E-state index contributed by atoms with van der Waals surface area (Å²) in [5.41, 5.74) is 2.24. The molecule has 0 unspecified atom stereocenters. The van der Waals surface area contributed by atoms with Crippen LogP contribution in [0.2, 0.25) is 5.02 Å². The minimum Gasteiger partial charge on any atom is -0.489 e. The number of hydrogen-bond donors (Lipinski definition) is 1. The highest BCUT2D eigenvalue weighted by Crippen LogP contribution is 2.19. The first-order chi connectivity index (χ1) is 11.3. The second kappa shape index (κ2) is 8.34. The highest BCUT2D eigenvalue weighted by molar-refractivity contribution is 6.31. The standard InChI is InChI=1S/C19H22ClNO2/c20-19-6-2-1-4-16(19)14-23-17-9-7-15(8-10-17)12-21-13-18-5-3-11-22-18/h1-2,4,6-10,18,21H,3,5,11-14H2/t18-/m0/s1. The van der Waals surface area contributed by atoms with Gasteiger partial charge < -0.3 is 14.8 Å². The highest BCUT2D eigenvalue weighted by Gasteiger charge is 2.14. The molecule has 0 aromatic heterocycles. The van der Waals surface area contributed by atoms with Crippen molar-refractivity contribution in [2.75, 3.05) is 13.2 Å². The Labute approximate surface area is 142 Å². The van der Waals surface area contributed by atoms with E-state index in [1.54, 1.807) is 0 Å². The van der Waals surface area contributed by atoms with Gasteiger partial charge in [-0.3, -0.25) is 0 Å². The summed E-state index contributed by atoms with van der Waals surface area (Å²) in [6.07, 6.45) is 2.74. The van der Waals surface area contributed by atoms with Gasteiger partial charge in [0.15, 0.2) is 0 Å². The summed E-state index contributed by atoms with van der Waals surface area (Å²) in [6, 6.07) is 15.9. The van der Waals surface area contributed by atoms with Gasteiger partial charge in [0.2, 0.25) is 0 Å². The van der Waals surface area contributed by atoms with Gasteiger partial charge in [-0.1, -0.05) is 41.9 Å². The lowest BCUT2D eigenvalue weighted by Gasteiger charge is -2.11. The SMILES string of the molecule is Clc1ccccc1COc1ccc(CNC[C@@H]2CCCO2)cc1. The average Bonchev–Trinajstić information content (AvgIpc) is 3.09. The Hall–Kier alpha value is -1.55. The van der Waals surface area contributed by atoms with E-state index in [9.17, 15) is 0 Å². The third-order valence-corrected chi connectivity index (χ3v) is 4.37. The normalized spacial score (nSPS) is 17.3. The van der Waals surface area contributed by atoms with E-state index in [-0.39, 0.29) is 0 Å². The van der Waals surface area contributed by atoms with E-state index in [1.807, 2.05) is 36.4 Å². The van der Waals surface area contributed by atoms with Crippen LogP contribution in [0.15, 0.2) is 48.5 Å². The molecule has 3 nitrogen and oxygen atoms in total. The molecule has 3 rings (SSSR count). The summed E-state index contributed by atoms with van der Waals surface area (Å²) >= 11 is 6.13. The minimum absolute atomic E-state index is 0.383. The molecule has 0 amide bonds. The number of benzene rings is 2. The quantitative estimate of drug-likeness (QED) is 0.825. The Bertz CT molecular complexity index is 609. The maximum Gasteiger partial charge on any atom is 0.119 e. The summed E-state index contributed by atoms with van der Waals surface area (Å²) < 4.78 is 11.4. The van der Waals surface area contributed by atoms with Gasteiger partial charge in [0.1, 0.15) is 12.4 Å². The van der Waals surface area contributed by atoms with Gasteiger partial charge in [-0.05, 0) is 36.6 Å². The van der Waals surface area contributed by atoms with Crippen molar-refractivity contribution in [2.45, 2.75) is 32.1 Å². The predicted octanol–water partition coefficient (Wildman–Crippen LogP) is 4.19. The first-order valence-electron chi connectivity index (χ1n) is 8.09. The van der Waals surface area contributed by atoms with E-state index in [0.29, 0.717) is 12.7 Å². The largest absolute Gasteiger partial charge is 0.489 e. The molecule has 1 atom stereocenters. The first-order valence-corrected chi connectivity index (χ1v) is 8.46. The molecule has 1 N–H and O–H groups in total. The van der Waals surface area contributed by atoms with E-state index in [2.05, 4.69) is 17.4 Å². The minimum atomic E-state index is 0.383. The Kier molecular flexibility index (Phi) is 5.92.